The van der Waals surface area contributed by atoms with Gasteiger partial charge in [0.1, 0.15) is 0 Å². The normalized spacial score (nSPS) is 11.9. The number of benzene rings is 7. The molecule has 0 bridgehead atoms. The van der Waals surface area contributed by atoms with Gasteiger partial charge in [0.25, 0.3) is 0 Å². The number of hydrogen-bond donors (Lipinski definition) is 0. The summed E-state index contributed by atoms with van der Waals surface area (Å²) in [5, 5.41) is 7.09. The first-order chi connectivity index (χ1) is 19.5. The van der Waals surface area contributed by atoms with Gasteiger partial charge in [0, 0.05) is 0 Å². The third-order valence-corrected chi connectivity index (χ3v) is 7.69. The second-order valence-electron chi connectivity index (χ2n) is 10.1. The second-order valence-corrected chi connectivity index (χ2v) is 10.1. The van der Waals surface area contributed by atoms with Gasteiger partial charge in [0.2, 0.25) is 0 Å². The van der Waals surface area contributed by atoms with E-state index >= 15 is 0 Å². The molecule has 7 aromatic rings. The average Bonchev–Trinajstić information content (AvgIpc) is 2.99. The summed E-state index contributed by atoms with van der Waals surface area (Å²) in [5.74, 6) is 0. The third kappa shape index (κ3) is 4.11. The van der Waals surface area contributed by atoms with E-state index in [2.05, 4.69) is 103 Å². The van der Waals surface area contributed by atoms with Crippen molar-refractivity contribution in [3.05, 3.63) is 145 Å². The molecule has 7 aromatic carbocycles. The Labute approximate surface area is 230 Å². The highest BCUT2D eigenvalue weighted by atomic mass is 19.4. The van der Waals surface area contributed by atoms with E-state index in [1.807, 2.05) is 12.1 Å². The van der Waals surface area contributed by atoms with Gasteiger partial charge in [-0.25, -0.2) is 0 Å². The van der Waals surface area contributed by atoms with Crippen LogP contribution in [0.4, 0.5) is 13.2 Å². The Bertz CT molecular complexity index is 1960. The first kappa shape index (κ1) is 24.2. The molecule has 0 aromatic heterocycles. The Hall–Kier alpha value is -4.89. The SMILES string of the molecule is FC(F)(F)c1ccc(-c2ccc(-c3c4ccccc4c(-c4ccc5ccccc5c4)c4ccccc34)cc2)cc1. The van der Waals surface area contributed by atoms with Crippen molar-refractivity contribution in [3.8, 4) is 33.4 Å². The molecule has 3 heteroatoms. The Morgan fingerprint density at radius 1 is 0.350 bits per heavy atom. The first-order valence-electron chi connectivity index (χ1n) is 13.2. The lowest BCUT2D eigenvalue weighted by Gasteiger charge is -2.18. The van der Waals surface area contributed by atoms with Crippen molar-refractivity contribution in [1.29, 1.82) is 0 Å². The molecule has 0 aliphatic rings. The lowest BCUT2D eigenvalue weighted by molar-refractivity contribution is -0.137. The summed E-state index contributed by atoms with van der Waals surface area (Å²) in [4.78, 5) is 0. The Morgan fingerprint density at radius 3 is 1.27 bits per heavy atom. The molecule has 0 saturated heterocycles. The summed E-state index contributed by atoms with van der Waals surface area (Å²) >= 11 is 0. The van der Waals surface area contributed by atoms with E-state index in [0.29, 0.717) is 0 Å². The fourth-order valence-corrected chi connectivity index (χ4v) is 5.78. The van der Waals surface area contributed by atoms with Crippen molar-refractivity contribution in [3.63, 3.8) is 0 Å². The molecule has 0 amide bonds. The van der Waals surface area contributed by atoms with Gasteiger partial charge in [-0.2, -0.15) is 13.2 Å². The molecular formula is C37H23F3. The van der Waals surface area contributed by atoms with Crippen LogP contribution in [0.5, 0.6) is 0 Å². The summed E-state index contributed by atoms with van der Waals surface area (Å²) < 4.78 is 39.1. The quantitative estimate of drug-likeness (QED) is 0.202. The Kier molecular flexibility index (Phi) is 5.67. The minimum absolute atomic E-state index is 0.641. The predicted octanol–water partition coefficient (Wildman–Crippen LogP) is 11.2. The van der Waals surface area contributed by atoms with Crippen LogP contribution in [0.15, 0.2) is 140 Å². The lowest BCUT2D eigenvalue weighted by atomic mass is 9.85. The van der Waals surface area contributed by atoms with Crippen molar-refractivity contribution in [2.45, 2.75) is 6.18 Å². The van der Waals surface area contributed by atoms with Crippen LogP contribution in [-0.2, 0) is 6.18 Å². The summed E-state index contributed by atoms with van der Waals surface area (Å²) in [7, 11) is 0. The summed E-state index contributed by atoms with van der Waals surface area (Å²) in [6, 6.07) is 45.5. The Balaban J connectivity index is 1.41. The molecule has 0 fully saturated rings. The molecule has 0 aliphatic carbocycles. The molecule has 0 N–H and O–H groups in total. The molecule has 0 radical (unpaired) electrons. The van der Waals surface area contributed by atoms with Crippen LogP contribution < -0.4 is 0 Å². The van der Waals surface area contributed by atoms with E-state index < -0.39 is 11.7 Å². The molecule has 0 heterocycles. The predicted molar refractivity (Wildman–Crippen MR) is 160 cm³/mol. The zero-order chi connectivity index (χ0) is 27.3. The van der Waals surface area contributed by atoms with E-state index in [1.54, 1.807) is 0 Å². The molecule has 0 saturated carbocycles. The number of rotatable bonds is 3. The van der Waals surface area contributed by atoms with Gasteiger partial charge in [0.15, 0.2) is 0 Å². The maximum Gasteiger partial charge on any atom is 0.416 e. The largest absolute Gasteiger partial charge is 0.416 e. The van der Waals surface area contributed by atoms with Crippen molar-refractivity contribution in [2.75, 3.05) is 0 Å². The van der Waals surface area contributed by atoms with Crippen molar-refractivity contribution in [1.82, 2.24) is 0 Å². The second kappa shape index (κ2) is 9.39. The molecule has 40 heavy (non-hydrogen) atoms. The fourth-order valence-electron chi connectivity index (χ4n) is 5.78. The van der Waals surface area contributed by atoms with Crippen molar-refractivity contribution >= 4 is 32.3 Å². The smallest absolute Gasteiger partial charge is 0.166 e. The molecule has 0 nitrogen and oxygen atoms in total. The van der Waals surface area contributed by atoms with Crippen molar-refractivity contribution < 1.29 is 13.2 Å². The number of halogens is 3. The van der Waals surface area contributed by atoms with E-state index in [1.165, 1.54) is 44.8 Å². The molecule has 7 rings (SSSR count). The summed E-state index contributed by atoms with van der Waals surface area (Å²) in [5.41, 5.74) is 5.58. The fraction of sp³-hybridized carbons (Fsp3) is 0.0270. The van der Waals surface area contributed by atoms with Gasteiger partial charge < -0.3 is 0 Å². The van der Waals surface area contributed by atoms with Crippen LogP contribution in [0, 0.1) is 0 Å². The molecule has 0 spiro atoms. The minimum Gasteiger partial charge on any atom is -0.166 e. The topological polar surface area (TPSA) is 0 Å². The third-order valence-electron chi connectivity index (χ3n) is 7.69. The van der Waals surface area contributed by atoms with Crippen LogP contribution in [0.2, 0.25) is 0 Å². The summed E-state index contributed by atoms with van der Waals surface area (Å²) in [6.45, 7) is 0. The van der Waals surface area contributed by atoms with E-state index in [4.69, 9.17) is 0 Å². The lowest BCUT2D eigenvalue weighted by Crippen LogP contribution is -2.03. The summed E-state index contributed by atoms with van der Waals surface area (Å²) in [6.07, 6.45) is -4.34. The van der Waals surface area contributed by atoms with E-state index in [-0.39, 0.29) is 0 Å². The highest BCUT2D eigenvalue weighted by Crippen LogP contribution is 2.44. The van der Waals surface area contributed by atoms with Crippen LogP contribution in [0.25, 0.3) is 65.7 Å². The van der Waals surface area contributed by atoms with Gasteiger partial charge in [0.05, 0.1) is 5.56 Å². The molecule has 0 unspecified atom stereocenters. The highest BCUT2D eigenvalue weighted by Gasteiger charge is 2.30. The first-order valence-corrected chi connectivity index (χ1v) is 13.2. The minimum atomic E-state index is -4.34. The van der Waals surface area contributed by atoms with Gasteiger partial charge in [-0.1, -0.05) is 121 Å². The van der Waals surface area contributed by atoms with Gasteiger partial charge in [-0.15, -0.1) is 0 Å². The zero-order valence-corrected chi connectivity index (χ0v) is 21.4. The van der Waals surface area contributed by atoms with Crippen LogP contribution in [0.3, 0.4) is 0 Å². The van der Waals surface area contributed by atoms with Crippen LogP contribution >= 0.6 is 0 Å². The van der Waals surface area contributed by atoms with E-state index in [0.717, 1.165) is 45.2 Å². The highest BCUT2D eigenvalue weighted by molar-refractivity contribution is 6.21. The van der Waals surface area contributed by atoms with Crippen LogP contribution in [0.1, 0.15) is 5.56 Å². The molecule has 0 atom stereocenters. The monoisotopic (exact) mass is 524 g/mol. The van der Waals surface area contributed by atoms with Gasteiger partial charge in [-0.05, 0) is 83.9 Å². The Morgan fingerprint density at radius 2 is 0.750 bits per heavy atom. The van der Waals surface area contributed by atoms with Gasteiger partial charge >= 0.3 is 6.18 Å². The van der Waals surface area contributed by atoms with Gasteiger partial charge in [-0.3, -0.25) is 0 Å². The van der Waals surface area contributed by atoms with E-state index in [9.17, 15) is 13.2 Å². The number of hydrogen-bond acceptors (Lipinski definition) is 0. The maximum atomic E-state index is 13.0. The number of fused-ring (bicyclic) bond motifs is 3. The maximum absolute atomic E-state index is 13.0. The molecular weight excluding hydrogens is 501 g/mol. The number of alkyl halides is 3. The molecule has 0 aliphatic heterocycles. The van der Waals surface area contributed by atoms with Crippen LogP contribution in [-0.4, -0.2) is 0 Å². The molecule has 192 valence electrons. The standard InChI is InChI=1S/C37H23F3/c38-37(39,40)30-21-19-26(20-22-30)25-13-16-27(17-14-25)35-31-9-3-5-11-33(31)36(34-12-6-4-10-32(34)35)29-18-15-24-7-1-2-8-28(24)23-29/h1-23H. The zero-order valence-electron chi connectivity index (χ0n) is 21.4. The van der Waals surface area contributed by atoms with Crippen molar-refractivity contribution in [2.24, 2.45) is 0 Å². The average molecular weight is 525 g/mol.